The van der Waals surface area contributed by atoms with E-state index in [0.29, 0.717) is 0 Å². The molecule has 1 atom stereocenters. The molecule has 0 aromatic rings. The normalized spacial score (nSPS) is 27.5. The maximum Gasteiger partial charge on any atom is 0.0594 e. The molecule has 0 bridgehead atoms. The van der Waals surface area contributed by atoms with Gasteiger partial charge < -0.3 is 10.1 Å². The van der Waals surface area contributed by atoms with Crippen LogP contribution in [0.5, 0.6) is 0 Å². The summed E-state index contributed by atoms with van der Waals surface area (Å²) in [5.74, 6) is 3.62. The van der Waals surface area contributed by atoms with E-state index in [-0.39, 0.29) is 5.54 Å². The van der Waals surface area contributed by atoms with Crippen LogP contribution in [0.4, 0.5) is 0 Å². The summed E-state index contributed by atoms with van der Waals surface area (Å²) in [4.78, 5) is 2.55. The lowest BCUT2D eigenvalue weighted by Gasteiger charge is -2.41. The lowest BCUT2D eigenvalue weighted by Crippen LogP contribution is -2.55. The molecule has 0 aromatic carbocycles. The first-order valence-electron chi connectivity index (χ1n) is 6.80. The number of ether oxygens (including phenoxy) is 1. The van der Waals surface area contributed by atoms with E-state index in [2.05, 4.69) is 35.8 Å². The Morgan fingerprint density at radius 3 is 2.76 bits per heavy atom. The third kappa shape index (κ3) is 4.12. The van der Waals surface area contributed by atoms with E-state index in [1.807, 2.05) is 0 Å². The van der Waals surface area contributed by atoms with Crippen LogP contribution in [0.15, 0.2) is 0 Å². The number of hydrogen-bond donors (Lipinski definition) is 1. The Morgan fingerprint density at radius 2 is 2.12 bits per heavy atom. The van der Waals surface area contributed by atoms with Crippen molar-refractivity contribution in [2.24, 2.45) is 5.92 Å². The van der Waals surface area contributed by atoms with Crippen LogP contribution in [0.25, 0.3) is 0 Å². The molecule has 1 unspecified atom stereocenters. The van der Waals surface area contributed by atoms with Gasteiger partial charge in [0.2, 0.25) is 0 Å². The SMILES string of the molecule is CC(C)(CNCC1CCSC1)N1CCOCC1. The van der Waals surface area contributed by atoms with Gasteiger partial charge in [0.1, 0.15) is 0 Å². The standard InChI is InChI=1S/C13H26N2OS/c1-13(2,15-4-6-16-7-5-15)11-14-9-12-3-8-17-10-12/h12,14H,3-11H2,1-2H3. The van der Waals surface area contributed by atoms with Crippen molar-refractivity contribution >= 4 is 11.8 Å². The Morgan fingerprint density at radius 1 is 1.35 bits per heavy atom. The quantitative estimate of drug-likeness (QED) is 0.806. The zero-order valence-electron chi connectivity index (χ0n) is 11.2. The summed E-state index contributed by atoms with van der Waals surface area (Å²) in [5.41, 5.74) is 0.259. The molecule has 0 amide bonds. The van der Waals surface area contributed by atoms with Crippen LogP contribution in [0.1, 0.15) is 20.3 Å². The summed E-state index contributed by atoms with van der Waals surface area (Å²) in [6.45, 7) is 10.9. The van der Waals surface area contributed by atoms with Gasteiger partial charge in [-0.3, -0.25) is 4.90 Å². The first-order chi connectivity index (χ1) is 8.18. The Hall–Kier alpha value is 0.230. The molecule has 3 nitrogen and oxygen atoms in total. The molecule has 2 rings (SSSR count). The summed E-state index contributed by atoms with van der Waals surface area (Å²) < 4.78 is 5.42. The molecular formula is C13H26N2OS. The van der Waals surface area contributed by atoms with Gasteiger partial charge >= 0.3 is 0 Å². The molecule has 2 fully saturated rings. The van der Waals surface area contributed by atoms with E-state index in [9.17, 15) is 0 Å². The van der Waals surface area contributed by atoms with Crippen molar-refractivity contribution < 1.29 is 4.74 Å². The van der Waals surface area contributed by atoms with Gasteiger partial charge in [-0.25, -0.2) is 0 Å². The van der Waals surface area contributed by atoms with Gasteiger partial charge in [-0.15, -0.1) is 0 Å². The van der Waals surface area contributed by atoms with Crippen molar-refractivity contribution in [3.63, 3.8) is 0 Å². The first kappa shape index (κ1) is 13.7. The largest absolute Gasteiger partial charge is 0.379 e. The van der Waals surface area contributed by atoms with Crippen LogP contribution in [0.3, 0.4) is 0 Å². The smallest absolute Gasteiger partial charge is 0.0594 e. The maximum absolute atomic E-state index is 5.42. The van der Waals surface area contributed by atoms with E-state index in [1.165, 1.54) is 24.5 Å². The Balaban J connectivity index is 1.68. The van der Waals surface area contributed by atoms with Gasteiger partial charge in [0, 0.05) is 25.2 Å². The predicted octanol–water partition coefficient (Wildman–Crippen LogP) is 1.44. The second-order valence-corrected chi connectivity index (χ2v) is 6.92. The summed E-state index contributed by atoms with van der Waals surface area (Å²) >= 11 is 2.10. The molecule has 2 saturated heterocycles. The summed E-state index contributed by atoms with van der Waals surface area (Å²) in [5, 5.41) is 3.67. The second-order valence-electron chi connectivity index (χ2n) is 5.77. The molecule has 17 heavy (non-hydrogen) atoms. The zero-order chi connectivity index (χ0) is 12.1. The van der Waals surface area contributed by atoms with Crippen molar-refractivity contribution in [1.29, 1.82) is 0 Å². The highest BCUT2D eigenvalue weighted by Crippen LogP contribution is 2.23. The van der Waals surface area contributed by atoms with Gasteiger partial charge in [-0.1, -0.05) is 0 Å². The van der Waals surface area contributed by atoms with Gasteiger partial charge in [-0.05, 0) is 44.2 Å². The molecule has 2 heterocycles. The third-order valence-electron chi connectivity index (χ3n) is 3.88. The van der Waals surface area contributed by atoms with Crippen LogP contribution >= 0.6 is 11.8 Å². The minimum atomic E-state index is 0.259. The number of thioether (sulfide) groups is 1. The van der Waals surface area contributed by atoms with Gasteiger partial charge in [0.05, 0.1) is 13.2 Å². The maximum atomic E-state index is 5.42. The number of hydrogen-bond acceptors (Lipinski definition) is 4. The highest BCUT2D eigenvalue weighted by atomic mass is 32.2. The van der Waals surface area contributed by atoms with E-state index < -0.39 is 0 Å². The van der Waals surface area contributed by atoms with E-state index in [0.717, 1.165) is 38.8 Å². The molecule has 2 aliphatic heterocycles. The second kappa shape index (κ2) is 6.41. The van der Waals surface area contributed by atoms with Crippen molar-refractivity contribution in [2.45, 2.75) is 25.8 Å². The fraction of sp³-hybridized carbons (Fsp3) is 1.00. The number of morpholine rings is 1. The number of rotatable bonds is 5. The average Bonchev–Trinajstić information content (AvgIpc) is 2.83. The lowest BCUT2D eigenvalue weighted by molar-refractivity contribution is -0.00971. The molecule has 0 aliphatic carbocycles. The Labute approximate surface area is 110 Å². The minimum Gasteiger partial charge on any atom is -0.379 e. The minimum absolute atomic E-state index is 0.259. The monoisotopic (exact) mass is 258 g/mol. The molecule has 2 aliphatic rings. The topological polar surface area (TPSA) is 24.5 Å². The van der Waals surface area contributed by atoms with Crippen molar-refractivity contribution in [2.75, 3.05) is 50.9 Å². The van der Waals surface area contributed by atoms with Gasteiger partial charge in [0.15, 0.2) is 0 Å². The third-order valence-corrected chi connectivity index (χ3v) is 5.11. The van der Waals surface area contributed by atoms with Crippen molar-refractivity contribution in [1.82, 2.24) is 10.2 Å². The van der Waals surface area contributed by atoms with Gasteiger partial charge in [0.25, 0.3) is 0 Å². The summed E-state index contributed by atoms with van der Waals surface area (Å²) in [7, 11) is 0. The van der Waals surface area contributed by atoms with Crippen LogP contribution in [-0.4, -0.2) is 61.3 Å². The van der Waals surface area contributed by atoms with Crippen molar-refractivity contribution in [3.05, 3.63) is 0 Å². The van der Waals surface area contributed by atoms with E-state index >= 15 is 0 Å². The van der Waals surface area contributed by atoms with Crippen LogP contribution in [0, 0.1) is 5.92 Å². The highest BCUT2D eigenvalue weighted by molar-refractivity contribution is 7.99. The molecule has 1 N–H and O–H groups in total. The molecule has 0 radical (unpaired) electrons. The fourth-order valence-electron chi connectivity index (χ4n) is 2.61. The lowest BCUT2D eigenvalue weighted by atomic mass is 10.0. The van der Waals surface area contributed by atoms with Crippen LogP contribution in [-0.2, 0) is 4.74 Å². The molecule has 0 aromatic heterocycles. The Bertz CT molecular complexity index is 223. The average molecular weight is 258 g/mol. The van der Waals surface area contributed by atoms with Crippen LogP contribution in [0.2, 0.25) is 0 Å². The first-order valence-corrected chi connectivity index (χ1v) is 7.95. The molecule has 0 saturated carbocycles. The summed E-state index contributed by atoms with van der Waals surface area (Å²) in [6, 6.07) is 0. The fourth-order valence-corrected chi connectivity index (χ4v) is 3.89. The highest BCUT2D eigenvalue weighted by Gasteiger charge is 2.28. The predicted molar refractivity (Wildman–Crippen MR) is 74.8 cm³/mol. The number of nitrogens with zero attached hydrogens (tertiary/aromatic N) is 1. The van der Waals surface area contributed by atoms with Crippen molar-refractivity contribution in [3.8, 4) is 0 Å². The van der Waals surface area contributed by atoms with Gasteiger partial charge in [-0.2, -0.15) is 11.8 Å². The molecule has 100 valence electrons. The number of nitrogens with one attached hydrogen (secondary N) is 1. The molecule has 0 spiro atoms. The Kier molecular flexibility index (Phi) is 5.15. The van der Waals surface area contributed by atoms with E-state index in [1.54, 1.807) is 0 Å². The molecular weight excluding hydrogens is 232 g/mol. The zero-order valence-corrected chi connectivity index (χ0v) is 12.0. The van der Waals surface area contributed by atoms with E-state index in [4.69, 9.17) is 4.74 Å². The van der Waals surface area contributed by atoms with Crippen LogP contribution < -0.4 is 5.32 Å². The summed E-state index contributed by atoms with van der Waals surface area (Å²) in [6.07, 6.45) is 1.40. The molecule has 4 heteroatoms.